The summed E-state index contributed by atoms with van der Waals surface area (Å²) in [6, 6.07) is 0. The van der Waals surface area contributed by atoms with Gasteiger partial charge in [0, 0.05) is 13.0 Å². The number of aliphatic hydroxyl groups is 7. The number of methoxy groups -OCH3 is 1. The van der Waals surface area contributed by atoms with Crippen LogP contribution in [0.15, 0.2) is 12.2 Å². The lowest BCUT2D eigenvalue weighted by Crippen LogP contribution is -2.64. The molecule has 2 heterocycles. The van der Waals surface area contributed by atoms with Gasteiger partial charge in [-0.1, -0.05) is 57.1 Å². The highest BCUT2D eigenvalue weighted by atomic mass is 16.8. The summed E-state index contributed by atoms with van der Waals surface area (Å²) in [5.74, 6) is -0.132. The summed E-state index contributed by atoms with van der Waals surface area (Å²) in [6.07, 6.45) is 4.16. The molecule has 44 heavy (non-hydrogen) atoms. The Bertz CT molecular complexity index is 782. The monoisotopic (exact) mass is 636 g/mol. The van der Waals surface area contributed by atoms with Gasteiger partial charge in [-0.3, -0.25) is 4.79 Å². The summed E-state index contributed by atoms with van der Waals surface area (Å²) >= 11 is 0. The second-order valence-corrected chi connectivity index (χ2v) is 11.6. The maximum absolute atomic E-state index is 11.1. The molecule has 2 aliphatic heterocycles. The van der Waals surface area contributed by atoms with Crippen molar-refractivity contribution in [2.45, 2.75) is 151 Å². The Morgan fingerprint density at radius 2 is 1.14 bits per heavy atom. The van der Waals surface area contributed by atoms with Gasteiger partial charge in [0.2, 0.25) is 0 Å². The van der Waals surface area contributed by atoms with Gasteiger partial charge >= 0.3 is 5.97 Å². The van der Waals surface area contributed by atoms with Crippen molar-refractivity contribution >= 4 is 5.97 Å². The van der Waals surface area contributed by atoms with E-state index in [9.17, 15) is 40.5 Å². The molecule has 2 aliphatic rings. The third kappa shape index (κ3) is 13.2. The van der Waals surface area contributed by atoms with E-state index >= 15 is 0 Å². The van der Waals surface area contributed by atoms with Crippen molar-refractivity contribution < 1.29 is 64.2 Å². The van der Waals surface area contributed by atoms with Crippen molar-refractivity contribution in [1.29, 1.82) is 0 Å². The summed E-state index contributed by atoms with van der Waals surface area (Å²) in [7, 11) is 1.42. The molecule has 0 radical (unpaired) electrons. The fourth-order valence-corrected chi connectivity index (χ4v) is 5.34. The average molecular weight is 637 g/mol. The lowest BCUT2D eigenvalue weighted by atomic mass is 9.97. The third-order valence-electron chi connectivity index (χ3n) is 8.16. The fourth-order valence-electron chi connectivity index (χ4n) is 5.34. The topological polar surface area (TPSA) is 205 Å². The smallest absolute Gasteiger partial charge is 0.305 e. The van der Waals surface area contributed by atoms with Crippen LogP contribution in [0.1, 0.15) is 89.9 Å². The third-order valence-corrected chi connectivity index (χ3v) is 8.16. The molecule has 13 nitrogen and oxygen atoms in total. The first-order valence-electron chi connectivity index (χ1n) is 16.2. The number of aliphatic hydroxyl groups excluding tert-OH is 7. The number of hydrogen-bond acceptors (Lipinski definition) is 13. The molecule has 0 amide bonds. The van der Waals surface area contributed by atoms with Crippen LogP contribution in [0.5, 0.6) is 0 Å². The number of rotatable bonds is 22. The van der Waals surface area contributed by atoms with Crippen LogP contribution in [0.2, 0.25) is 0 Å². The molecule has 2 fully saturated rings. The number of hydrogen-bond donors (Lipinski definition) is 7. The van der Waals surface area contributed by atoms with Crippen LogP contribution in [0.4, 0.5) is 0 Å². The minimum Gasteiger partial charge on any atom is -0.469 e. The predicted molar refractivity (Wildman–Crippen MR) is 158 cm³/mol. The summed E-state index contributed by atoms with van der Waals surface area (Å²) in [5, 5.41) is 70.4. The first-order chi connectivity index (χ1) is 21.2. The molecule has 13 heteroatoms. The van der Waals surface area contributed by atoms with Crippen molar-refractivity contribution in [3.8, 4) is 0 Å². The lowest BCUT2D eigenvalue weighted by Gasteiger charge is -2.45. The van der Waals surface area contributed by atoms with E-state index in [4.69, 9.17) is 18.9 Å². The molecular formula is C31H56O13. The molecule has 10 atom stereocenters. The fraction of sp³-hybridized carbons (Fsp3) is 0.903. The number of carbonyl (C=O) groups is 1. The first-order valence-corrected chi connectivity index (χ1v) is 16.2. The maximum Gasteiger partial charge on any atom is 0.305 e. The zero-order valence-corrected chi connectivity index (χ0v) is 26.0. The highest BCUT2D eigenvalue weighted by Gasteiger charge is 2.50. The van der Waals surface area contributed by atoms with Gasteiger partial charge in [-0.2, -0.15) is 0 Å². The van der Waals surface area contributed by atoms with E-state index < -0.39 is 74.6 Å². The van der Waals surface area contributed by atoms with E-state index in [2.05, 4.69) is 16.9 Å². The SMILES string of the molecule is COC(=O)CCCCCCC/C=C\CCCCCCCCO[C@@H]1O[C@H](CO)[C@@H](O)[C@H](O)[C@H]1O[C@@H]1O[C@H](CO)[C@@H](O)[C@H](O)[C@H]1O. The predicted octanol–water partition coefficient (Wildman–Crippen LogP) is 0.818. The van der Waals surface area contributed by atoms with Crippen LogP contribution >= 0.6 is 0 Å². The van der Waals surface area contributed by atoms with Crippen LogP contribution < -0.4 is 0 Å². The van der Waals surface area contributed by atoms with E-state index in [1.165, 1.54) is 20.0 Å². The summed E-state index contributed by atoms with van der Waals surface area (Å²) < 4.78 is 27.1. The van der Waals surface area contributed by atoms with E-state index in [0.29, 0.717) is 12.8 Å². The summed E-state index contributed by atoms with van der Waals surface area (Å²) in [6.45, 7) is -0.961. The molecule has 0 aromatic heterocycles. The molecule has 2 saturated heterocycles. The Hall–Kier alpha value is -1.23. The molecule has 0 unspecified atom stereocenters. The molecule has 0 aromatic rings. The van der Waals surface area contributed by atoms with Gasteiger partial charge in [0.25, 0.3) is 0 Å². The number of unbranched alkanes of at least 4 members (excludes halogenated alkanes) is 11. The lowest BCUT2D eigenvalue weighted by molar-refractivity contribution is -0.367. The molecule has 0 saturated carbocycles. The zero-order valence-electron chi connectivity index (χ0n) is 26.0. The van der Waals surface area contributed by atoms with Gasteiger partial charge in [-0.15, -0.1) is 0 Å². The van der Waals surface area contributed by atoms with Gasteiger partial charge in [0.1, 0.15) is 48.8 Å². The molecule has 7 N–H and O–H groups in total. The van der Waals surface area contributed by atoms with Crippen LogP contribution in [0.25, 0.3) is 0 Å². The van der Waals surface area contributed by atoms with E-state index in [0.717, 1.165) is 64.2 Å². The highest BCUT2D eigenvalue weighted by Crippen LogP contribution is 2.30. The Morgan fingerprint density at radius 3 is 1.70 bits per heavy atom. The molecule has 0 spiro atoms. The van der Waals surface area contributed by atoms with E-state index in [-0.39, 0.29) is 12.6 Å². The van der Waals surface area contributed by atoms with Crippen LogP contribution in [0, 0.1) is 0 Å². The van der Waals surface area contributed by atoms with Crippen LogP contribution in [-0.2, 0) is 28.5 Å². The number of ether oxygens (including phenoxy) is 5. The molecule has 2 rings (SSSR count). The number of esters is 1. The van der Waals surface area contributed by atoms with Crippen molar-refractivity contribution in [2.24, 2.45) is 0 Å². The second-order valence-electron chi connectivity index (χ2n) is 11.6. The Morgan fingerprint density at radius 1 is 0.636 bits per heavy atom. The summed E-state index contributed by atoms with van der Waals surface area (Å²) in [5.41, 5.74) is 0. The maximum atomic E-state index is 11.1. The Balaban J connectivity index is 1.60. The Labute approximate surface area is 260 Å². The first kappa shape index (κ1) is 39.0. The number of allylic oxidation sites excluding steroid dienone is 2. The van der Waals surface area contributed by atoms with Gasteiger partial charge in [0.05, 0.1) is 20.3 Å². The van der Waals surface area contributed by atoms with Gasteiger partial charge in [0.15, 0.2) is 12.6 Å². The minimum absolute atomic E-state index is 0.132. The second kappa shape index (κ2) is 22.3. The zero-order chi connectivity index (χ0) is 32.3. The average Bonchev–Trinajstić information content (AvgIpc) is 3.03. The molecule has 0 aliphatic carbocycles. The van der Waals surface area contributed by atoms with Gasteiger partial charge < -0.3 is 59.4 Å². The summed E-state index contributed by atoms with van der Waals surface area (Å²) in [4.78, 5) is 11.1. The molecule has 258 valence electrons. The van der Waals surface area contributed by atoms with Crippen LogP contribution in [0.3, 0.4) is 0 Å². The molecule has 0 aromatic carbocycles. The minimum atomic E-state index is -1.70. The highest BCUT2D eigenvalue weighted by molar-refractivity contribution is 5.68. The Kier molecular flexibility index (Phi) is 19.8. The molecular weight excluding hydrogens is 580 g/mol. The van der Waals surface area contributed by atoms with Crippen molar-refractivity contribution in [3.63, 3.8) is 0 Å². The van der Waals surface area contributed by atoms with Gasteiger partial charge in [-0.05, 0) is 38.5 Å². The van der Waals surface area contributed by atoms with Gasteiger partial charge in [-0.25, -0.2) is 0 Å². The van der Waals surface area contributed by atoms with Crippen LogP contribution in [-0.4, -0.2) is 130 Å². The van der Waals surface area contributed by atoms with Crippen molar-refractivity contribution in [1.82, 2.24) is 0 Å². The quantitative estimate of drug-likeness (QED) is 0.0500. The van der Waals surface area contributed by atoms with Crippen molar-refractivity contribution in [2.75, 3.05) is 26.9 Å². The number of carbonyl (C=O) groups excluding carboxylic acids is 1. The molecule has 0 bridgehead atoms. The van der Waals surface area contributed by atoms with E-state index in [1.54, 1.807) is 0 Å². The normalized spacial score (nSPS) is 32.7. The standard InChI is InChI=1S/C31H56O13/c1-40-23(34)17-15-13-11-9-7-5-3-2-4-6-8-10-12-14-16-18-41-31-29(27(38)25(36)22(20-33)43-31)44-30-28(39)26(37)24(35)21(19-32)42-30/h2-3,21-22,24-33,35-39H,4-20H2,1H3/b3-2-/t21-,22-,24-,25-,26+,27+,28-,29-,30+,31-/m1/s1. The largest absolute Gasteiger partial charge is 0.469 e. The van der Waals surface area contributed by atoms with E-state index in [1.807, 2.05) is 0 Å². The van der Waals surface area contributed by atoms with Crippen molar-refractivity contribution in [3.05, 3.63) is 12.2 Å².